The number of hydrogen-bond acceptors (Lipinski definition) is 4. The highest BCUT2D eigenvalue weighted by atomic mass is 32.2. The molecule has 0 fully saturated rings. The molecule has 0 heterocycles. The molecule has 0 saturated heterocycles. The highest BCUT2D eigenvalue weighted by Gasteiger charge is 2.24. The number of sulfonamides is 1. The molecule has 0 saturated carbocycles. The van der Waals surface area contributed by atoms with Gasteiger partial charge in [0.05, 0.1) is 18.8 Å². The second-order valence-corrected chi connectivity index (χ2v) is 7.35. The normalized spacial score (nSPS) is 13.0. The lowest BCUT2D eigenvalue weighted by molar-refractivity contribution is -0.123. The maximum absolute atomic E-state index is 12.4. The van der Waals surface area contributed by atoms with E-state index in [-0.39, 0.29) is 30.0 Å². The van der Waals surface area contributed by atoms with Crippen LogP contribution in [0, 0.1) is 5.92 Å². The zero-order valence-electron chi connectivity index (χ0n) is 13.4. The number of ether oxygens (including phenoxy) is 1. The molecule has 124 valence electrons. The summed E-state index contributed by atoms with van der Waals surface area (Å²) < 4.78 is 30.0. The third-order valence-corrected chi connectivity index (χ3v) is 4.77. The number of rotatable bonds is 8. The van der Waals surface area contributed by atoms with Crippen LogP contribution in [-0.4, -0.2) is 40.8 Å². The van der Waals surface area contributed by atoms with Crippen molar-refractivity contribution in [3.8, 4) is 5.75 Å². The molecule has 0 aliphatic carbocycles. The van der Waals surface area contributed by atoms with Gasteiger partial charge in [-0.2, -0.15) is 0 Å². The SMILES string of the molecule is CNS(=O)(=O)CCNC(=O)C(c1ccc(OC)cc1)C(C)C. The molecule has 1 unspecified atom stereocenters. The fraction of sp³-hybridized carbons (Fsp3) is 0.533. The lowest BCUT2D eigenvalue weighted by atomic mass is 9.87. The average molecular weight is 328 g/mol. The Labute approximate surface area is 132 Å². The van der Waals surface area contributed by atoms with Crippen molar-refractivity contribution < 1.29 is 17.9 Å². The van der Waals surface area contributed by atoms with Crippen LogP contribution in [0.15, 0.2) is 24.3 Å². The van der Waals surface area contributed by atoms with E-state index in [9.17, 15) is 13.2 Å². The molecule has 0 bridgehead atoms. The highest BCUT2D eigenvalue weighted by molar-refractivity contribution is 7.89. The van der Waals surface area contributed by atoms with Crippen molar-refractivity contribution in [2.75, 3.05) is 26.5 Å². The van der Waals surface area contributed by atoms with Crippen LogP contribution in [-0.2, 0) is 14.8 Å². The van der Waals surface area contributed by atoms with Gasteiger partial charge >= 0.3 is 0 Å². The molecule has 1 amide bonds. The first-order valence-corrected chi connectivity index (χ1v) is 8.79. The van der Waals surface area contributed by atoms with Crippen molar-refractivity contribution in [3.05, 3.63) is 29.8 Å². The third-order valence-electron chi connectivity index (χ3n) is 3.41. The second-order valence-electron chi connectivity index (χ2n) is 5.31. The van der Waals surface area contributed by atoms with Gasteiger partial charge in [-0.1, -0.05) is 26.0 Å². The summed E-state index contributed by atoms with van der Waals surface area (Å²) in [5.74, 6) is 0.179. The van der Waals surface area contributed by atoms with Gasteiger partial charge < -0.3 is 10.1 Å². The van der Waals surface area contributed by atoms with E-state index in [4.69, 9.17) is 4.74 Å². The molecule has 6 nitrogen and oxygen atoms in total. The quantitative estimate of drug-likeness (QED) is 0.748. The molecule has 0 radical (unpaired) electrons. The van der Waals surface area contributed by atoms with Crippen LogP contribution in [0.2, 0.25) is 0 Å². The minimum absolute atomic E-state index is 0.0847. The Bertz CT molecular complexity index is 582. The summed E-state index contributed by atoms with van der Waals surface area (Å²) >= 11 is 0. The summed E-state index contributed by atoms with van der Waals surface area (Å²) in [6.45, 7) is 4.00. The van der Waals surface area contributed by atoms with Crippen LogP contribution >= 0.6 is 0 Å². The molecule has 0 aliphatic heterocycles. The summed E-state index contributed by atoms with van der Waals surface area (Å²) in [7, 11) is -0.376. The van der Waals surface area contributed by atoms with Crippen molar-refractivity contribution >= 4 is 15.9 Å². The molecule has 1 aromatic carbocycles. The van der Waals surface area contributed by atoms with Gasteiger partial charge in [0.15, 0.2) is 0 Å². The Kier molecular flexibility index (Phi) is 6.83. The molecule has 22 heavy (non-hydrogen) atoms. The monoisotopic (exact) mass is 328 g/mol. The van der Waals surface area contributed by atoms with Gasteiger partial charge in [0, 0.05) is 6.54 Å². The van der Waals surface area contributed by atoms with Gasteiger partial charge in [-0.15, -0.1) is 0 Å². The number of nitrogens with one attached hydrogen (secondary N) is 2. The molecule has 1 atom stereocenters. The first-order chi connectivity index (χ1) is 10.3. The summed E-state index contributed by atoms with van der Waals surface area (Å²) in [6, 6.07) is 7.33. The van der Waals surface area contributed by atoms with E-state index in [0.29, 0.717) is 0 Å². The predicted molar refractivity (Wildman–Crippen MR) is 86.4 cm³/mol. The van der Waals surface area contributed by atoms with Gasteiger partial charge in [0.2, 0.25) is 15.9 Å². The average Bonchev–Trinajstić information content (AvgIpc) is 2.47. The summed E-state index contributed by atoms with van der Waals surface area (Å²) in [4.78, 5) is 12.4. The molecule has 1 aromatic rings. The van der Waals surface area contributed by atoms with Gasteiger partial charge in [0.1, 0.15) is 5.75 Å². The maximum atomic E-state index is 12.4. The van der Waals surface area contributed by atoms with Crippen molar-refractivity contribution in [2.24, 2.45) is 5.92 Å². The van der Waals surface area contributed by atoms with E-state index >= 15 is 0 Å². The van der Waals surface area contributed by atoms with Crippen LogP contribution in [0.1, 0.15) is 25.3 Å². The van der Waals surface area contributed by atoms with Crippen molar-refractivity contribution in [1.82, 2.24) is 10.0 Å². The van der Waals surface area contributed by atoms with Gasteiger partial charge in [-0.3, -0.25) is 4.79 Å². The predicted octanol–water partition coefficient (Wildman–Crippen LogP) is 1.10. The smallest absolute Gasteiger partial charge is 0.227 e. The zero-order chi connectivity index (χ0) is 16.8. The van der Waals surface area contributed by atoms with Gasteiger partial charge in [-0.05, 0) is 30.7 Å². The zero-order valence-corrected chi connectivity index (χ0v) is 14.2. The van der Waals surface area contributed by atoms with Crippen LogP contribution in [0.5, 0.6) is 5.75 Å². The fourth-order valence-corrected chi connectivity index (χ4v) is 2.75. The Morgan fingerprint density at radius 2 is 1.82 bits per heavy atom. The number of carbonyl (C=O) groups excluding carboxylic acids is 1. The fourth-order valence-electron chi connectivity index (χ4n) is 2.17. The van der Waals surface area contributed by atoms with E-state index < -0.39 is 10.0 Å². The first-order valence-electron chi connectivity index (χ1n) is 7.13. The Hall–Kier alpha value is -1.60. The number of hydrogen-bond donors (Lipinski definition) is 2. The number of benzene rings is 1. The first kappa shape index (κ1) is 18.4. The second kappa shape index (κ2) is 8.14. The molecule has 0 aromatic heterocycles. The minimum Gasteiger partial charge on any atom is -0.497 e. The minimum atomic E-state index is -3.32. The van der Waals surface area contributed by atoms with Crippen molar-refractivity contribution in [2.45, 2.75) is 19.8 Å². The van der Waals surface area contributed by atoms with Crippen LogP contribution in [0.3, 0.4) is 0 Å². The lowest BCUT2D eigenvalue weighted by Crippen LogP contribution is -2.37. The van der Waals surface area contributed by atoms with E-state index in [1.165, 1.54) is 7.05 Å². The van der Waals surface area contributed by atoms with Crippen molar-refractivity contribution in [3.63, 3.8) is 0 Å². The Morgan fingerprint density at radius 1 is 1.23 bits per heavy atom. The van der Waals surface area contributed by atoms with E-state index in [1.807, 2.05) is 38.1 Å². The topological polar surface area (TPSA) is 84.5 Å². The lowest BCUT2D eigenvalue weighted by Gasteiger charge is -2.21. The molecule has 0 spiro atoms. The molecule has 2 N–H and O–H groups in total. The van der Waals surface area contributed by atoms with E-state index in [1.54, 1.807) is 7.11 Å². The highest BCUT2D eigenvalue weighted by Crippen LogP contribution is 2.26. The Morgan fingerprint density at radius 3 is 2.27 bits per heavy atom. The van der Waals surface area contributed by atoms with Crippen LogP contribution < -0.4 is 14.8 Å². The van der Waals surface area contributed by atoms with Gasteiger partial charge in [-0.25, -0.2) is 13.1 Å². The number of amides is 1. The third kappa shape index (κ3) is 5.31. The molecule has 7 heteroatoms. The standard InChI is InChI=1S/C15H24N2O4S/c1-11(2)14(12-5-7-13(21-4)8-6-12)15(18)17-9-10-22(19,20)16-3/h5-8,11,14,16H,9-10H2,1-4H3,(H,17,18). The molecular weight excluding hydrogens is 304 g/mol. The molecular formula is C15H24N2O4S. The Balaban J connectivity index is 2.75. The number of methoxy groups -OCH3 is 1. The van der Waals surface area contributed by atoms with Gasteiger partial charge in [0.25, 0.3) is 0 Å². The summed E-state index contributed by atoms with van der Waals surface area (Å²) in [5, 5.41) is 2.69. The number of carbonyl (C=O) groups is 1. The summed E-state index contributed by atoms with van der Waals surface area (Å²) in [6.07, 6.45) is 0. The molecule has 0 aliphatic rings. The summed E-state index contributed by atoms with van der Waals surface area (Å²) in [5.41, 5.74) is 0.879. The largest absolute Gasteiger partial charge is 0.497 e. The maximum Gasteiger partial charge on any atom is 0.227 e. The van der Waals surface area contributed by atoms with E-state index in [2.05, 4.69) is 10.0 Å². The molecule has 1 rings (SSSR count). The van der Waals surface area contributed by atoms with Crippen LogP contribution in [0.25, 0.3) is 0 Å². The van der Waals surface area contributed by atoms with Crippen molar-refractivity contribution in [1.29, 1.82) is 0 Å². The van der Waals surface area contributed by atoms with Crippen LogP contribution in [0.4, 0.5) is 0 Å². The van der Waals surface area contributed by atoms with E-state index in [0.717, 1.165) is 11.3 Å².